The minimum Gasteiger partial charge on any atom is -0.493 e. The van der Waals surface area contributed by atoms with Gasteiger partial charge in [0.2, 0.25) is 15.9 Å². The Bertz CT molecular complexity index is 950. The molecule has 0 bridgehead atoms. The maximum Gasteiger partial charge on any atom is 0.245 e. The van der Waals surface area contributed by atoms with Crippen molar-refractivity contribution in [2.24, 2.45) is 0 Å². The van der Waals surface area contributed by atoms with Gasteiger partial charge in [0.15, 0.2) is 11.5 Å². The molecule has 0 atom stereocenters. The summed E-state index contributed by atoms with van der Waals surface area (Å²) in [7, 11) is -0.764. The Morgan fingerprint density at radius 2 is 1.70 bits per heavy atom. The average Bonchev–Trinajstić information content (AvgIpc) is 2.61. The van der Waals surface area contributed by atoms with E-state index in [4.69, 9.17) is 32.7 Å². The molecule has 0 aliphatic heterocycles. The summed E-state index contributed by atoms with van der Waals surface area (Å²) in [5.41, 5.74) is 0.662. The number of benzene rings is 2. The van der Waals surface area contributed by atoms with Gasteiger partial charge in [0.25, 0.3) is 0 Å². The Hall–Kier alpha value is -2.16. The number of nitrogens with zero attached hydrogens (tertiary/aromatic N) is 1. The van der Waals surface area contributed by atoms with Crippen molar-refractivity contribution in [1.82, 2.24) is 0 Å². The molecule has 0 fully saturated rings. The molecule has 27 heavy (non-hydrogen) atoms. The lowest BCUT2D eigenvalue weighted by Gasteiger charge is -2.22. The van der Waals surface area contributed by atoms with Gasteiger partial charge < -0.3 is 14.8 Å². The summed E-state index contributed by atoms with van der Waals surface area (Å²) in [6, 6.07) is 9.13. The molecule has 0 aliphatic rings. The number of amides is 1. The molecule has 1 amide bonds. The van der Waals surface area contributed by atoms with Crippen LogP contribution in [0.15, 0.2) is 36.4 Å². The van der Waals surface area contributed by atoms with Crippen molar-refractivity contribution in [2.45, 2.75) is 0 Å². The Kier molecular flexibility index (Phi) is 6.80. The maximum atomic E-state index is 12.4. The van der Waals surface area contributed by atoms with E-state index in [9.17, 15) is 13.2 Å². The first-order chi connectivity index (χ1) is 12.7. The average molecular weight is 433 g/mol. The van der Waals surface area contributed by atoms with Crippen LogP contribution in [0.1, 0.15) is 0 Å². The fraction of sp³-hybridized carbons (Fsp3) is 0.235. The van der Waals surface area contributed by atoms with Gasteiger partial charge >= 0.3 is 0 Å². The number of anilines is 2. The van der Waals surface area contributed by atoms with Crippen molar-refractivity contribution < 1.29 is 22.7 Å². The maximum absolute atomic E-state index is 12.4. The number of sulfonamides is 1. The van der Waals surface area contributed by atoms with Gasteiger partial charge in [-0.1, -0.05) is 23.2 Å². The number of nitrogens with one attached hydrogen (secondary N) is 1. The van der Waals surface area contributed by atoms with E-state index in [1.165, 1.54) is 32.4 Å². The zero-order valence-corrected chi connectivity index (χ0v) is 17.2. The van der Waals surface area contributed by atoms with Crippen LogP contribution < -0.4 is 19.1 Å². The number of hydrogen-bond acceptors (Lipinski definition) is 5. The van der Waals surface area contributed by atoms with Gasteiger partial charge in [0.1, 0.15) is 6.54 Å². The van der Waals surface area contributed by atoms with Crippen LogP contribution in [0, 0.1) is 0 Å². The lowest BCUT2D eigenvalue weighted by Crippen LogP contribution is -2.37. The highest BCUT2D eigenvalue weighted by atomic mass is 35.5. The molecule has 0 saturated carbocycles. The summed E-state index contributed by atoms with van der Waals surface area (Å²) in [5, 5.41) is 3.09. The van der Waals surface area contributed by atoms with Crippen LogP contribution in [-0.4, -0.2) is 41.3 Å². The topological polar surface area (TPSA) is 84.9 Å². The second-order valence-electron chi connectivity index (χ2n) is 5.49. The molecule has 2 aromatic rings. The van der Waals surface area contributed by atoms with Crippen molar-refractivity contribution in [3.63, 3.8) is 0 Å². The SMILES string of the molecule is COc1ccc(NC(=O)CN(c2ccc(Cl)c(Cl)c2)S(C)(=O)=O)cc1OC. The van der Waals surface area contributed by atoms with Gasteiger partial charge in [-0.3, -0.25) is 9.10 Å². The van der Waals surface area contributed by atoms with Crippen molar-refractivity contribution in [2.75, 3.05) is 36.6 Å². The molecule has 146 valence electrons. The predicted molar refractivity (Wildman–Crippen MR) is 107 cm³/mol. The summed E-state index contributed by atoms with van der Waals surface area (Å²) in [4.78, 5) is 12.4. The van der Waals surface area contributed by atoms with Crippen LogP contribution in [0.5, 0.6) is 11.5 Å². The van der Waals surface area contributed by atoms with E-state index >= 15 is 0 Å². The van der Waals surface area contributed by atoms with Gasteiger partial charge in [-0.05, 0) is 30.3 Å². The van der Waals surface area contributed by atoms with E-state index in [0.717, 1.165) is 10.6 Å². The zero-order valence-electron chi connectivity index (χ0n) is 14.8. The molecular weight excluding hydrogens is 415 g/mol. The van der Waals surface area contributed by atoms with E-state index in [0.29, 0.717) is 17.2 Å². The number of rotatable bonds is 7. The highest BCUT2D eigenvalue weighted by molar-refractivity contribution is 7.92. The molecule has 0 spiro atoms. The van der Waals surface area contributed by atoms with Crippen molar-refractivity contribution in [3.8, 4) is 11.5 Å². The Labute approximate surface area is 167 Å². The molecule has 0 heterocycles. The summed E-state index contributed by atoms with van der Waals surface area (Å²) >= 11 is 11.8. The quantitative estimate of drug-likeness (QED) is 0.724. The molecule has 0 unspecified atom stereocenters. The number of halogens is 2. The van der Waals surface area contributed by atoms with Crippen LogP contribution >= 0.6 is 23.2 Å². The van der Waals surface area contributed by atoms with Crippen LogP contribution in [0.3, 0.4) is 0 Å². The van der Waals surface area contributed by atoms with Gasteiger partial charge in [-0.2, -0.15) is 0 Å². The van der Waals surface area contributed by atoms with E-state index in [2.05, 4.69) is 5.32 Å². The van der Waals surface area contributed by atoms with E-state index in [1.54, 1.807) is 18.2 Å². The molecule has 0 radical (unpaired) electrons. The normalized spacial score (nSPS) is 11.0. The number of carbonyl (C=O) groups is 1. The van der Waals surface area contributed by atoms with Crippen molar-refractivity contribution >= 4 is 50.5 Å². The number of ether oxygens (including phenoxy) is 2. The minimum atomic E-state index is -3.73. The molecular formula is C17H18Cl2N2O5S. The first kappa shape index (κ1) is 21.1. The monoisotopic (exact) mass is 432 g/mol. The van der Waals surface area contributed by atoms with Gasteiger partial charge in [-0.15, -0.1) is 0 Å². The molecule has 2 aromatic carbocycles. The molecule has 0 aromatic heterocycles. The Morgan fingerprint density at radius 1 is 1.04 bits per heavy atom. The van der Waals surface area contributed by atoms with Crippen LogP contribution in [0.2, 0.25) is 10.0 Å². The van der Waals surface area contributed by atoms with Gasteiger partial charge in [0.05, 0.1) is 36.2 Å². The number of hydrogen-bond donors (Lipinski definition) is 1. The zero-order chi connectivity index (χ0) is 20.2. The molecule has 2 rings (SSSR count). The predicted octanol–water partition coefficient (Wildman–Crippen LogP) is 3.42. The lowest BCUT2D eigenvalue weighted by molar-refractivity contribution is -0.114. The molecule has 1 N–H and O–H groups in total. The third-order valence-electron chi connectivity index (χ3n) is 3.55. The second-order valence-corrected chi connectivity index (χ2v) is 8.21. The lowest BCUT2D eigenvalue weighted by atomic mass is 10.2. The third-order valence-corrected chi connectivity index (χ3v) is 5.43. The largest absolute Gasteiger partial charge is 0.493 e. The smallest absolute Gasteiger partial charge is 0.245 e. The molecule has 0 aliphatic carbocycles. The molecule has 7 nitrogen and oxygen atoms in total. The summed E-state index contributed by atoms with van der Waals surface area (Å²) in [6.07, 6.45) is 0.999. The summed E-state index contributed by atoms with van der Waals surface area (Å²) < 4.78 is 35.5. The fourth-order valence-corrected chi connectivity index (χ4v) is 3.43. The summed E-state index contributed by atoms with van der Waals surface area (Å²) in [6.45, 7) is -0.439. The van der Waals surface area contributed by atoms with E-state index in [-0.39, 0.29) is 15.7 Å². The standard InChI is InChI=1S/C17H18Cl2N2O5S/c1-25-15-7-4-11(8-16(15)26-2)20-17(22)10-21(27(3,23)24)12-5-6-13(18)14(19)9-12/h4-9H,10H2,1-3H3,(H,20,22). The number of carbonyl (C=O) groups excluding carboxylic acids is 1. The molecule has 10 heteroatoms. The van der Waals surface area contributed by atoms with Crippen molar-refractivity contribution in [1.29, 1.82) is 0 Å². The Balaban J connectivity index is 2.23. The van der Waals surface area contributed by atoms with E-state index < -0.39 is 22.5 Å². The second kappa shape index (κ2) is 8.69. The minimum absolute atomic E-state index is 0.183. The van der Waals surface area contributed by atoms with E-state index in [1.807, 2.05) is 0 Å². The first-order valence-corrected chi connectivity index (χ1v) is 10.2. The van der Waals surface area contributed by atoms with Crippen LogP contribution in [0.25, 0.3) is 0 Å². The summed E-state index contributed by atoms with van der Waals surface area (Å²) in [5.74, 6) is 0.391. The van der Waals surface area contributed by atoms with Crippen LogP contribution in [0.4, 0.5) is 11.4 Å². The number of methoxy groups -OCH3 is 2. The highest BCUT2D eigenvalue weighted by Gasteiger charge is 2.22. The van der Waals surface area contributed by atoms with Crippen LogP contribution in [-0.2, 0) is 14.8 Å². The first-order valence-electron chi connectivity index (χ1n) is 7.60. The van der Waals surface area contributed by atoms with Gasteiger partial charge in [-0.25, -0.2) is 8.42 Å². The Morgan fingerprint density at radius 3 is 2.26 bits per heavy atom. The fourth-order valence-electron chi connectivity index (χ4n) is 2.29. The third kappa shape index (κ3) is 5.41. The molecule has 0 saturated heterocycles. The highest BCUT2D eigenvalue weighted by Crippen LogP contribution is 2.30. The van der Waals surface area contributed by atoms with Crippen molar-refractivity contribution in [3.05, 3.63) is 46.4 Å². The van der Waals surface area contributed by atoms with Gasteiger partial charge in [0, 0.05) is 11.8 Å².